The summed E-state index contributed by atoms with van der Waals surface area (Å²) in [5, 5.41) is 6.85. The molecule has 6 aliphatic rings. The van der Waals surface area contributed by atoms with Crippen molar-refractivity contribution in [3.05, 3.63) is 68.8 Å². The topological polar surface area (TPSA) is 64.7 Å². The van der Waals surface area contributed by atoms with E-state index in [1.165, 1.54) is 59.1 Å². The van der Waals surface area contributed by atoms with E-state index in [0.717, 1.165) is 63.2 Å². The summed E-state index contributed by atoms with van der Waals surface area (Å²) >= 11 is 0. The first kappa shape index (κ1) is 29.4. The van der Waals surface area contributed by atoms with Crippen LogP contribution in [0.5, 0.6) is 0 Å². The molecule has 0 unspecified atom stereocenters. The molecule has 0 radical (unpaired) electrons. The SMILES string of the molecule is CCc1cc(C2CC2)c2c(c1)[C@@H]1CNCCN1C2=O.CCc1cc(C2CC2)c2c(c1)[C@H]1CNCCN1C2=O.Cl.Cl. The Morgan fingerprint density at radius 1 is 0.650 bits per heavy atom. The minimum absolute atomic E-state index is 0. The van der Waals surface area contributed by atoms with Gasteiger partial charge in [-0.3, -0.25) is 9.59 Å². The number of nitrogens with zero attached hydrogens (tertiary/aromatic N) is 2. The first-order valence-corrected chi connectivity index (χ1v) is 15.0. The molecule has 2 N–H and O–H groups in total. The lowest BCUT2D eigenvalue weighted by molar-refractivity contribution is 0.0683. The van der Waals surface area contributed by atoms with Gasteiger partial charge in [0.05, 0.1) is 12.1 Å². The van der Waals surface area contributed by atoms with Crippen LogP contribution in [0.1, 0.15) is 118 Å². The van der Waals surface area contributed by atoms with Gasteiger partial charge in [-0.1, -0.05) is 38.1 Å². The second-order valence-corrected chi connectivity index (χ2v) is 12.0. The van der Waals surface area contributed by atoms with Crippen LogP contribution in [0.4, 0.5) is 0 Å². The van der Waals surface area contributed by atoms with Crippen molar-refractivity contribution in [3.63, 3.8) is 0 Å². The van der Waals surface area contributed by atoms with Crippen LogP contribution < -0.4 is 10.6 Å². The number of aryl methyl sites for hydroxylation is 2. The fraction of sp³-hybridized carbons (Fsp3) is 0.562. The van der Waals surface area contributed by atoms with Gasteiger partial charge in [0.1, 0.15) is 0 Å². The summed E-state index contributed by atoms with van der Waals surface area (Å²) in [6.45, 7) is 9.78. The monoisotopic (exact) mass is 584 g/mol. The number of carbonyl (C=O) groups excluding carboxylic acids is 2. The molecule has 2 aromatic carbocycles. The van der Waals surface area contributed by atoms with Crippen molar-refractivity contribution in [1.82, 2.24) is 20.4 Å². The average molecular weight is 586 g/mol. The van der Waals surface area contributed by atoms with Gasteiger partial charge in [0.25, 0.3) is 11.8 Å². The molecular weight excluding hydrogens is 543 g/mol. The largest absolute Gasteiger partial charge is 0.329 e. The minimum Gasteiger partial charge on any atom is -0.329 e. The Kier molecular flexibility index (Phi) is 8.54. The highest BCUT2D eigenvalue weighted by molar-refractivity contribution is 6.02. The van der Waals surface area contributed by atoms with E-state index < -0.39 is 0 Å². The molecule has 4 aliphatic heterocycles. The fourth-order valence-electron chi connectivity index (χ4n) is 7.10. The minimum atomic E-state index is 0. The summed E-state index contributed by atoms with van der Waals surface area (Å²) in [5.74, 6) is 1.87. The first-order chi connectivity index (χ1) is 18.6. The molecule has 2 aromatic rings. The number of piperazine rings is 2. The maximum Gasteiger partial charge on any atom is 0.255 e. The zero-order valence-electron chi connectivity index (χ0n) is 23.6. The molecule has 2 aliphatic carbocycles. The Labute approximate surface area is 250 Å². The van der Waals surface area contributed by atoms with Crippen LogP contribution in [0.3, 0.4) is 0 Å². The highest BCUT2D eigenvalue weighted by Crippen LogP contribution is 2.48. The van der Waals surface area contributed by atoms with E-state index in [-0.39, 0.29) is 48.7 Å². The van der Waals surface area contributed by atoms with E-state index in [1.807, 2.05) is 0 Å². The van der Waals surface area contributed by atoms with Crippen LogP contribution >= 0.6 is 24.8 Å². The maximum atomic E-state index is 12.7. The number of fused-ring (bicyclic) bond motifs is 6. The number of hydrogen-bond donors (Lipinski definition) is 2. The summed E-state index contributed by atoms with van der Waals surface area (Å²) in [6, 6.07) is 9.69. The molecule has 0 aromatic heterocycles. The Morgan fingerprint density at radius 2 is 1.02 bits per heavy atom. The van der Waals surface area contributed by atoms with Crippen molar-refractivity contribution in [3.8, 4) is 0 Å². The van der Waals surface area contributed by atoms with Crippen molar-refractivity contribution in [2.24, 2.45) is 0 Å². The zero-order valence-corrected chi connectivity index (χ0v) is 25.3. The van der Waals surface area contributed by atoms with Crippen molar-refractivity contribution in [2.75, 3.05) is 39.3 Å². The van der Waals surface area contributed by atoms with E-state index in [0.29, 0.717) is 11.8 Å². The first-order valence-electron chi connectivity index (χ1n) is 15.0. The molecular formula is C32H42Cl2N4O2. The quantitative estimate of drug-likeness (QED) is 0.512. The molecule has 8 heteroatoms. The third-order valence-corrected chi connectivity index (χ3v) is 9.52. The van der Waals surface area contributed by atoms with Crippen LogP contribution in [-0.2, 0) is 12.8 Å². The van der Waals surface area contributed by atoms with Crippen molar-refractivity contribution < 1.29 is 9.59 Å². The Balaban J connectivity index is 0.000000154. The van der Waals surface area contributed by atoms with Crippen LogP contribution in [0.2, 0.25) is 0 Å². The third-order valence-electron chi connectivity index (χ3n) is 9.52. The van der Waals surface area contributed by atoms with Gasteiger partial charge in [-0.05, 0) is 83.7 Å². The van der Waals surface area contributed by atoms with E-state index in [9.17, 15) is 9.59 Å². The number of nitrogens with one attached hydrogen (secondary N) is 2. The normalized spacial score (nSPS) is 24.1. The number of rotatable bonds is 4. The second kappa shape index (κ2) is 11.6. The van der Waals surface area contributed by atoms with Crippen molar-refractivity contribution in [2.45, 2.75) is 76.3 Å². The van der Waals surface area contributed by atoms with Gasteiger partial charge in [0.15, 0.2) is 0 Å². The summed E-state index contributed by atoms with van der Waals surface area (Å²) in [5.41, 5.74) is 10.1. The maximum absolute atomic E-state index is 12.7. The summed E-state index contributed by atoms with van der Waals surface area (Å²) in [6.07, 6.45) is 7.15. The number of carbonyl (C=O) groups is 2. The highest BCUT2D eigenvalue weighted by atomic mass is 35.5. The molecule has 0 spiro atoms. The molecule has 40 heavy (non-hydrogen) atoms. The molecule has 2 amide bonds. The molecule has 2 saturated carbocycles. The Morgan fingerprint density at radius 3 is 1.38 bits per heavy atom. The van der Waals surface area contributed by atoms with Crippen molar-refractivity contribution >= 4 is 36.6 Å². The number of halogens is 2. The summed E-state index contributed by atoms with van der Waals surface area (Å²) in [4.78, 5) is 29.5. The van der Waals surface area contributed by atoms with Crippen LogP contribution in [0.25, 0.3) is 0 Å². The second-order valence-electron chi connectivity index (χ2n) is 12.0. The molecule has 2 saturated heterocycles. The standard InChI is InChI=1S/2C16H20N2O.2ClH/c2*1-2-10-7-12(11-3-4-11)15-13(8-10)14-9-17-5-6-18(14)16(15)19;;/h2*7-8,11,14,17H,2-6,9H2,1H3;2*1H/t2*14-;;/m10../s1. The fourth-order valence-corrected chi connectivity index (χ4v) is 7.10. The Bertz CT molecular complexity index is 1210. The van der Waals surface area contributed by atoms with E-state index in [4.69, 9.17) is 0 Å². The van der Waals surface area contributed by atoms with Crippen LogP contribution in [0, 0.1) is 0 Å². The van der Waals surface area contributed by atoms with Crippen LogP contribution in [0.15, 0.2) is 24.3 Å². The van der Waals surface area contributed by atoms with Gasteiger partial charge in [0, 0.05) is 50.4 Å². The lowest BCUT2D eigenvalue weighted by atomic mass is 9.93. The van der Waals surface area contributed by atoms with E-state index >= 15 is 0 Å². The average Bonchev–Trinajstić information content (AvgIpc) is 3.90. The molecule has 6 nitrogen and oxygen atoms in total. The Hall–Kier alpha value is -2.12. The molecule has 2 atom stereocenters. The van der Waals surface area contributed by atoms with Crippen LogP contribution in [-0.4, -0.2) is 60.9 Å². The van der Waals surface area contributed by atoms with E-state index in [1.54, 1.807) is 0 Å². The molecule has 0 bridgehead atoms. The molecule has 8 rings (SSSR count). The molecule has 216 valence electrons. The van der Waals surface area contributed by atoms with E-state index in [2.05, 4.69) is 58.5 Å². The van der Waals surface area contributed by atoms with Gasteiger partial charge < -0.3 is 20.4 Å². The zero-order chi connectivity index (χ0) is 26.0. The van der Waals surface area contributed by atoms with Gasteiger partial charge in [-0.2, -0.15) is 0 Å². The predicted octanol–water partition coefficient (Wildman–Crippen LogP) is 5.30. The predicted molar refractivity (Wildman–Crippen MR) is 163 cm³/mol. The smallest absolute Gasteiger partial charge is 0.255 e. The number of benzene rings is 2. The highest BCUT2D eigenvalue weighted by Gasteiger charge is 2.43. The van der Waals surface area contributed by atoms with Gasteiger partial charge in [-0.15, -0.1) is 24.8 Å². The van der Waals surface area contributed by atoms with Crippen molar-refractivity contribution in [1.29, 1.82) is 0 Å². The van der Waals surface area contributed by atoms with Gasteiger partial charge in [-0.25, -0.2) is 0 Å². The lowest BCUT2D eigenvalue weighted by Gasteiger charge is -2.30. The molecule has 4 heterocycles. The lowest BCUT2D eigenvalue weighted by Crippen LogP contribution is -2.44. The van der Waals surface area contributed by atoms with Gasteiger partial charge in [0.2, 0.25) is 0 Å². The number of amides is 2. The molecule has 4 fully saturated rings. The van der Waals surface area contributed by atoms with Gasteiger partial charge >= 0.3 is 0 Å². The summed E-state index contributed by atoms with van der Waals surface area (Å²) in [7, 11) is 0. The number of hydrogen-bond acceptors (Lipinski definition) is 4. The summed E-state index contributed by atoms with van der Waals surface area (Å²) < 4.78 is 0. The third kappa shape index (κ3) is 4.95.